The number of hydrogen-bond donors (Lipinski definition) is 2. The molecule has 2 aliphatic carbocycles. The molecule has 3 heteroatoms. The fourth-order valence-electron chi connectivity index (χ4n) is 9.44. The Morgan fingerprint density at radius 3 is 2.25 bits per heavy atom. The van der Waals surface area contributed by atoms with Crippen LogP contribution < -0.4 is 21.2 Å². The molecule has 2 N–H and O–H groups in total. The molecule has 8 aromatic rings. The fraction of sp³-hybridized carbons (Fsp3) is 0.120. The van der Waals surface area contributed by atoms with Crippen molar-refractivity contribution in [2.24, 2.45) is 0 Å². The molecular weight excluding hydrogens is 643 g/mol. The molecule has 0 amide bonds. The van der Waals surface area contributed by atoms with Gasteiger partial charge in [-0.3, -0.25) is 0 Å². The van der Waals surface area contributed by atoms with Crippen LogP contribution in [0.3, 0.4) is 0 Å². The first-order valence-electron chi connectivity index (χ1n) is 18.8. The Bertz CT molecular complexity index is 2960. The average molecular weight is 682 g/mol. The Hall–Kier alpha value is -6.32. The highest BCUT2D eigenvalue weighted by Crippen LogP contribution is 2.50. The summed E-state index contributed by atoms with van der Waals surface area (Å²) in [5.41, 5.74) is 12.5. The molecule has 7 aromatic carbocycles. The Morgan fingerprint density at radius 1 is 0.642 bits per heavy atom. The largest absolute Gasteiger partial charge is 0.375 e. The van der Waals surface area contributed by atoms with Crippen molar-refractivity contribution in [2.45, 2.75) is 37.9 Å². The molecule has 0 radical (unpaired) electrons. The van der Waals surface area contributed by atoms with E-state index in [2.05, 4.69) is 193 Å². The molecule has 1 aromatic heterocycles. The second-order valence-corrected chi connectivity index (χ2v) is 15.4. The van der Waals surface area contributed by atoms with Crippen molar-refractivity contribution in [1.82, 2.24) is 15.2 Å². The van der Waals surface area contributed by atoms with Crippen molar-refractivity contribution in [3.63, 3.8) is 0 Å². The molecule has 2 atom stereocenters. The van der Waals surface area contributed by atoms with Crippen LogP contribution in [-0.2, 0) is 11.8 Å². The first kappa shape index (κ1) is 30.3. The van der Waals surface area contributed by atoms with Crippen LogP contribution in [0.2, 0.25) is 0 Å². The van der Waals surface area contributed by atoms with Gasteiger partial charge in [0.1, 0.15) is 6.17 Å². The van der Waals surface area contributed by atoms with E-state index in [1.54, 1.807) is 0 Å². The Balaban J connectivity index is 1.16. The lowest BCUT2D eigenvalue weighted by atomic mass is 9.83. The molecule has 1 aliphatic heterocycles. The van der Waals surface area contributed by atoms with Crippen LogP contribution in [0.4, 0.5) is 0 Å². The lowest BCUT2D eigenvalue weighted by Crippen LogP contribution is -2.48. The van der Waals surface area contributed by atoms with Crippen molar-refractivity contribution in [2.75, 3.05) is 0 Å². The highest BCUT2D eigenvalue weighted by Gasteiger charge is 2.45. The number of rotatable bonds is 3. The van der Waals surface area contributed by atoms with Crippen LogP contribution in [-0.4, -0.2) is 4.57 Å². The standard InChI is InChI=1S/C50H39N3/c1-50(2)42-26-23-38(37-21-20-31-12-6-8-17-35(31)28-37)29-41(42)47-48(50)51-46(34-15-4-3-5-16-34)49(52-47)53-43-27-24-33-14-10-11-19-39(33)45(43)40-25-22-32-13-7-9-18-36(32)30-44(40)53/h3-21,23-30,46,49,51-52H,22H2,1-2H3. The van der Waals surface area contributed by atoms with Gasteiger partial charge in [-0.15, -0.1) is 0 Å². The van der Waals surface area contributed by atoms with Gasteiger partial charge in [0, 0.05) is 27.3 Å². The van der Waals surface area contributed by atoms with Crippen molar-refractivity contribution in [1.29, 1.82) is 0 Å². The third kappa shape index (κ3) is 4.53. The van der Waals surface area contributed by atoms with E-state index < -0.39 is 0 Å². The molecule has 2 unspecified atom stereocenters. The second-order valence-electron chi connectivity index (χ2n) is 15.4. The minimum Gasteiger partial charge on any atom is -0.375 e. The van der Waals surface area contributed by atoms with E-state index in [0.717, 1.165) is 6.42 Å². The lowest BCUT2D eigenvalue weighted by molar-refractivity contribution is 0.319. The summed E-state index contributed by atoms with van der Waals surface area (Å²) in [5, 5.41) is 17.4. The van der Waals surface area contributed by atoms with Gasteiger partial charge in [0.05, 0.1) is 22.6 Å². The van der Waals surface area contributed by atoms with Crippen LogP contribution in [0.15, 0.2) is 157 Å². The highest BCUT2D eigenvalue weighted by molar-refractivity contribution is 6.07. The Kier molecular flexibility index (Phi) is 6.49. The predicted octanol–water partition coefficient (Wildman–Crippen LogP) is 9.87. The van der Waals surface area contributed by atoms with Gasteiger partial charge >= 0.3 is 0 Å². The molecule has 3 nitrogen and oxygen atoms in total. The topological polar surface area (TPSA) is 29.0 Å². The van der Waals surface area contributed by atoms with Gasteiger partial charge < -0.3 is 15.2 Å². The van der Waals surface area contributed by atoms with Gasteiger partial charge in [0.25, 0.3) is 0 Å². The zero-order valence-corrected chi connectivity index (χ0v) is 29.9. The summed E-state index contributed by atoms with van der Waals surface area (Å²) < 4.78 is 2.60. The van der Waals surface area contributed by atoms with Crippen LogP contribution in [0, 0.1) is 0 Å². The monoisotopic (exact) mass is 681 g/mol. The van der Waals surface area contributed by atoms with Gasteiger partial charge in [-0.25, -0.2) is 0 Å². The number of allylic oxidation sites excluding steroid dienone is 1. The first-order valence-corrected chi connectivity index (χ1v) is 18.8. The minimum absolute atomic E-state index is 0.0263. The molecule has 53 heavy (non-hydrogen) atoms. The SMILES string of the molecule is CC1(C)C2=C(NC(n3c4c(c5c6ccccc6ccc53)=CCc3ccccc3C=4)C(c3ccccc3)N2)c2cc(-c3ccc4ccccc4c3)ccc21. The zero-order chi connectivity index (χ0) is 35.3. The summed E-state index contributed by atoms with van der Waals surface area (Å²) in [7, 11) is 0. The summed E-state index contributed by atoms with van der Waals surface area (Å²) in [6.45, 7) is 4.73. The maximum absolute atomic E-state index is 4.27. The van der Waals surface area contributed by atoms with Crippen molar-refractivity contribution >= 4 is 50.3 Å². The molecule has 0 fully saturated rings. The smallest absolute Gasteiger partial charge is 0.129 e. The van der Waals surface area contributed by atoms with Crippen molar-refractivity contribution in [3.8, 4) is 11.1 Å². The van der Waals surface area contributed by atoms with Crippen LogP contribution in [0.1, 0.15) is 53.9 Å². The molecule has 0 saturated heterocycles. The summed E-state index contributed by atoms with van der Waals surface area (Å²) in [6.07, 6.45) is 5.67. The highest BCUT2D eigenvalue weighted by atomic mass is 15.3. The second kappa shape index (κ2) is 11.3. The third-order valence-corrected chi connectivity index (χ3v) is 12.1. The van der Waals surface area contributed by atoms with E-state index in [9.17, 15) is 0 Å². The molecule has 0 saturated carbocycles. The molecular formula is C50H39N3. The average Bonchev–Trinajstić information content (AvgIpc) is 3.54. The van der Waals surface area contributed by atoms with Gasteiger partial charge in [-0.05, 0) is 85.6 Å². The van der Waals surface area contributed by atoms with E-state index in [1.165, 1.54) is 93.4 Å². The maximum atomic E-state index is 4.27. The van der Waals surface area contributed by atoms with Gasteiger partial charge in [0.15, 0.2) is 0 Å². The minimum atomic E-state index is -0.206. The molecule has 254 valence electrons. The fourth-order valence-corrected chi connectivity index (χ4v) is 9.44. The summed E-state index contributed by atoms with van der Waals surface area (Å²) in [4.78, 5) is 0. The zero-order valence-electron chi connectivity index (χ0n) is 29.9. The lowest BCUT2D eigenvalue weighted by Gasteiger charge is -2.40. The van der Waals surface area contributed by atoms with Gasteiger partial charge in [-0.2, -0.15) is 0 Å². The van der Waals surface area contributed by atoms with E-state index in [1.807, 2.05) is 0 Å². The number of hydrogen-bond acceptors (Lipinski definition) is 2. The normalized spacial score (nSPS) is 18.2. The first-order chi connectivity index (χ1) is 26.0. The molecule has 0 spiro atoms. The van der Waals surface area contributed by atoms with E-state index in [-0.39, 0.29) is 17.6 Å². The summed E-state index contributed by atoms with van der Waals surface area (Å²) in [6, 6.07) is 55.9. The van der Waals surface area contributed by atoms with Gasteiger partial charge in [0.2, 0.25) is 0 Å². The van der Waals surface area contributed by atoms with Crippen molar-refractivity contribution in [3.05, 3.63) is 196 Å². The van der Waals surface area contributed by atoms with Gasteiger partial charge in [-0.1, -0.05) is 153 Å². The maximum Gasteiger partial charge on any atom is 0.129 e. The number of benzene rings is 7. The summed E-state index contributed by atoms with van der Waals surface area (Å²) in [5.74, 6) is 0. The van der Waals surface area contributed by atoms with E-state index >= 15 is 0 Å². The van der Waals surface area contributed by atoms with Crippen LogP contribution in [0.5, 0.6) is 0 Å². The third-order valence-electron chi connectivity index (χ3n) is 12.1. The number of aromatic nitrogens is 1. The Labute approximate surface area is 309 Å². The van der Waals surface area contributed by atoms with E-state index in [4.69, 9.17) is 0 Å². The summed E-state index contributed by atoms with van der Waals surface area (Å²) >= 11 is 0. The van der Waals surface area contributed by atoms with Crippen LogP contribution >= 0.6 is 0 Å². The Morgan fingerprint density at radius 2 is 1.36 bits per heavy atom. The number of nitrogens with zero attached hydrogens (tertiary/aromatic N) is 1. The molecule has 2 heterocycles. The molecule has 0 bridgehead atoms. The van der Waals surface area contributed by atoms with Crippen molar-refractivity contribution < 1.29 is 0 Å². The van der Waals surface area contributed by atoms with Crippen LogP contribution in [0.25, 0.3) is 61.4 Å². The molecule has 11 rings (SSSR count). The quantitative estimate of drug-likeness (QED) is 0.194. The molecule has 3 aliphatic rings. The van der Waals surface area contributed by atoms with E-state index in [0.29, 0.717) is 0 Å². The predicted molar refractivity (Wildman–Crippen MR) is 221 cm³/mol. The number of fused-ring (bicyclic) bond motifs is 9. The number of nitrogens with one attached hydrogen (secondary N) is 2.